The third-order valence-corrected chi connectivity index (χ3v) is 3.50. The Morgan fingerprint density at radius 3 is 2.75 bits per heavy atom. The molecule has 0 radical (unpaired) electrons. The molecule has 6 heteroatoms. The zero-order valence-corrected chi connectivity index (χ0v) is 13.4. The highest BCUT2D eigenvalue weighted by Crippen LogP contribution is 2.29. The number of rotatable bonds is 3. The van der Waals surface area contributed by atoms with Gasteiger partial charge in [-0.3, -0.25) is 9.78 Å². The number of carbonyl (C=O) groups excluding carboxylic acids is 1. The Hall–Kier alpha value is -1.59. The molecule has 0 aliphatic heterocycles. The molecular formula is C14H13BrClN3O. The molecule has 1 amide bonds. The largest absolute Gasteiger partial charge is 0.376 e. The lowest BCUT2D eigenvalue weighted by atomic mass is 10.2. The predicted octanol–water partition coefficient (Wildman–Crippen LogP) is 3.82. The van der Waals surface area contributed by atoms with Gasteiger partial charge in [0.1, 0.15) is 0 Å². The number of amides is 1. The third-order valence-electron chi connectivity index (χ3n) is 2.71. The monoisotopic (exact) mass is 353 g/mol. The minimum atomic E-state index is -0.265. The molecule has 0 saturated heterocycles. The van der Waals surface area contributed by atoms with Crippen LogP contribution in [0.2, 0.25) is 5.02 Å². The van der Waals surface area contributed by atoms with E-state index in [0.29, 0.717) is 16.3 Å². The fraction of sp³-hybridized carbons (Fsp3) is 0.143. The maximum Gasteiger partial charge on any atom is 0.257 e. The number of carbonyl (C=O) groups is 1. The first kappa shape index (κ1) is 14.8. The topological polar surface area (TPSA) is 45.2 Å². The van der Waals surface area contributed by atoms with Crippen LogP contribution in [0.25, 0.3) is 0 Å². The molecule has 0 atom stereocenters. The predicted molar refractivity (Wildman–Crippen MR) is 85.7 cm³/mol. The highest BCUT2D eigenvalue weighted by molar-refractivity contribution is 9.10. The van der Waals surface area contributed by atoms with E-state index in [-0.39, 0.29) is 5.91 Å². The van der Waals surface area contributed by atoms with Crippen molar-refractivity contribution in [2.75, 3.05) is 24.3 Å². The smallest absolute Gasteiger partial charge is 0.257 e. The SMILES string of the molecule is CN(C)c1ccc(Br)cc1NC(=O)c1ccncc1Cl. The molecule has 2 aromatic rings. The van der Waals surface area contributed by atoms with Crippen LogP contribution in [0.4, 0.5) is 11.4 Å². The first-order valence-corrected chi connectivity index (χ1v) is 7.04. The third kappa shape index (κ3) is 3.29. The van der Waals surface area contributed by atoms with Gasteiger partial charge in [0.25, 0.3) is 5.91 Å². The van der Waals surface area contributed by atoms with Gasteiger partial charge in [-0.05, 0) is 24.3 Å². The number of nitrogens with one attached hydrogen (secondary N) is 1. The molecule has 0 bridgehead atoms. The van der Waals surface area contributed by atoms with Crippen LogP contribution in [0.3, 0.4) is 0 Å². The van der Waals surface area contributed by atoms with E-state index in [1.54, 1.807) is 6.07 Å². The number of hydrogen-bond donors (Lipinski definition) is 1. The Morgan fingerprint density at radius 1 is 1.35 bits per heavy atom. The van der Waals surface area contributed by atoms with E-state index in [1.165, 1.54) is 12.4 Å². The van der Waals surface area contributed by atoms with E-state index in [0.717, 1.165) is 10.2 Å². The summed E-state index contributed by atoms with van der Waals surface area (Å²) in [6, 6.07) is 7.28. The summed E-state index contributed by atoms with van der Waals surface area (Å²) >= 11 is 9.38. The average Bonchev–Trinajstić information content (AvgIpc) is 2.38. The van der Waals surface area contributed by atoms with Crippen molar-refractivity contribution in [2.24, 2.45) is 0 Å². The van der Waals surface area contributed by atoms with Crippen LogP contribution in [-0.4, -0.2) is 25.0 Å². The Morgan fingerprint density at radius 2 is 2.10 bits per heavy atom. The molecule has 1 aromatic carbocycles. The molecule has 1 aromatic heterocycles. The fourth-order valence-corrected chi connectivity index (χ4v) is 2.31. The van der Waals surface area contributed by atoms with E-state index in [4.69, 9.17) is 11.6 Å². The summed E-state index contributed by atoms with van der Waals surface area (Å²) < 4.78 is 0.888. The number of halogens is 2. The second kappa shape index (κ2) is 6.24. The fourth-order valence-electron chi connectivity index (χ4n) is 1.75. The van der Waals surface area contributed by atoms with Crippen LogP contribution in [0.15, 0.2) is 41.1 Å². The Labute approximate surface area is 130 Å². The summed E-state index contributed by atoms with van der Waals surface area (Å²) in [4.78, 5) is 18.1. The Balaban J connectivity index is 2.33. The molecule has 0 spiro atoms. The molecule has 0 aliphatic rings. The summed E-state index contributed by atoms with van der Waals surface area (Å²) in [6.07, 6.45) is 2.98. The molecule has 2 rings (SSSR count). The number of hydrogen-bond acceptors (Lipinski definition) is 3. The van der Waals surface area contributed by atoms with Crippen LogP contribution in [0, 0.1) is 0 Å². The van der Waals surface area contributed by atoms with Crippen molar-refractivity contribution in [1.29, 1.82) is 0 Å². The van der Waals surface area contributed by atoms with Crippen LogP contribution >= 0.6 is 27.5 Å². The summed E-state index contributed by atoms with van der Waals surface area (Å²) in [5, 5.41) is 3.19. The molecule has 0 fully saturated rings. The zero-order chi connectivity index (χ0) is 14.7. The first-order valence-electron chi connectivity index (χ1n) is 5.87. The number of aromatic nitrogens is 1. The number of pyridine rings is 1. The second-order valence-electron chi connectivity index (χ2n) is 4.37. The van der Waals surface area contributed by atoms with Gasteiger partial charge in [0.2, 0.25) is 0 Å². The van der Waals surface area contributed by atoms with Crippen molar-refractivity contribution in [3.63, 3.8) is 0 Å². The Kier molecular flexibility index (Phi) is 4.62. The van der Waals surface area contributed by atoms with Crippen LogP contribution in [-0.2, 0) is 0 Å². The normalized spacial score (nSPS) is 10.2. The summed E-state index contributed by atoms with van der Waals surface area (Å²) in [7, 11) is 3.83. The van der Waals surface area contributed by atoms with Crippen molar-refractivity contribution in [3.05, 3.63) is 51.7 Å². The van der Waals surface area contributed by atoms with Gasteiger partial charge in [-0.25, -0.2) is 0 Å². The van der Waals surface area contributed by atoms with Crippen molar-refractivity contribution >= 4 is 44.8 Å². The van der Waals surface area contributed by atoms with Crippen molar-refractivity contribution in [2.45, 2.75) is 0 Å². The zero-order valence-electron chi connectivity index (χ0n) is 11.0. The van der Waals surface area contributed by atoms with E-state index in [9.17, 15) is 4.79 Å². The van der Waals surface area contributed by atoms with Gasteiger partial charge in [0.15, 0.2) is 0 Å². The molecule has 0 unspecified atom stereocenters. The van der Waals surface area contributed by atoms with Crippen molar-refractivity contribution in [3.8, 4) is 0 Å². The number of benzene rings is 1. The summed E-state index contributed by atoms with van der Waals surface area (Å²) in [6.45, 7) is 0. The van der Waals surface area contributed by atoms with Crippen molar-refractivity contribution < 1.29 is 4.79 Å². The van der Waals surface area contributed by atoms with Gasteiger partial charge >= 0.3 is 0 Å². The maximum absolute atomic E-state index is 12.3. The minimum Gasteiger partial charge on any atom is -0.376 e. The van der Waals surface area contributed by atoms with Gasteiger partial charge < -0.3 is 10.2 Å². The van der Waals surface area contributed by atoms with Crippen LogP contribution in [0.5, 0.6) is 0 Å². The maximum atomic E-state index is 12.3. The molecule has 104 valence electrons. The molecule has 0 aliphatic carbocycles. The molecule has 0 saturated carbocycles. The highest BCUT2D eigenvalue weighted by Gasteiger charge is 2.13. The molecule has 1 heterocycles. The second-order valence-corrected chi connectivity index (χ2v) is 5.69. The quantitative estimate of drug-likeness (QED) is 0.911. The lowest BCUT2D eigenvalue weighted by Crippen LogP contribution is -2.17. The van der Waals surface area contributed by atoms with Crippen LogP contribution in [0.1, 0.15) is 10.4 Å². The summed E-state index contributed by atoms with van der Waals surface area (Å²) in [5.74, 6) is -0.265. The van der Waals surface area contributed by atoms with Gasteiger partial charge in [0.05, 0.1) is 22.0 Å². The molecule has 4 nitrogen and oxygen atoms in total. The minimum absolute atomic E-state index is 0.265. The lowest BCUT2D eigenvalue weighted by molar-refractivity contribution is 0.102. The molecule has 1 N–H and O–H groups in total. The van der Waals surface area contributed by atoms with E-state index < -0.39 is 0 Å². The van der Waals surface area contributed by atoms with Crippen molar-refractivity contribution in [1.82, 2.24) is 4.98 Å². The van der Waals surface area contributed by atoms with E-state index >= 15 is 0 Å². The lowest BCUT2D eigenvalue weighted by Gasteiger charge is -2.18. The standard InChI is InChI=1S/C14H13BrClN3O/c1-19(2)13-4-3-9(15)7-12(13)18-14(20)10-5-6-17-8-11(10)16/h3-8H,1-2H3,(H,18,20). The van der Waals surface area contributed by atoms with E-state index in [2.05, 4.69) is 26.2 Å². The van der Waals surface area contributed by atoms with Gasteiger partial charge in [-0.2, -0.15) is 0 Å². The van der Waals surface area contributed by atoms with E-state index in [1.807, 2.05) is 37.2 Å². The number of nitrogens with zero attached hydrogens (tertiary/aromatic N) is 2. The molecule has 20 heavy (non-hydrogen) atoms. The molecular weight excluding hydrogens is 342 g/mol. The first-order chi connectivity index (χ1) is 9.49. The van der Waals surface area contributed by atoms with Gasteiger partial charge in [0, 0.05) is 31.0 Å². The number of anilines is 2. The van der Waals surface area contributed by atoms with Gasteiger partial charge in [-0.1, -0.05) is 27.5 Å². The Bertz CT molecular complexity index is 646. The van der Waals surface area contributed by atoms with Crippen LogP contribution < -0.4 is 10.2 Å². The van der Waals surface area contributed by atoms with Gasteiger partial charge in [-0.15, -0.1) is 0 Å². The average molecular weight is 355 g/mol. The summed E-state index contributed by atoms with van der Waals surface area (Å²) in [5.41, 5.74) is 2.01. The highest BCUT2D eigenvalue weighted by atomic mass is 79.9.